The van der Waals surface area contributed by atoms with Gasteiger partial charge in [-0.2, -0.15) is 0 Å². The Bertz CT molecular complexity index is 571. The number of likely N-dealkylation sites (tertiary alicyclic amines) is 1. The summed E-state index contributed by atoms with van der Waals surface area (Å²) in [5.41, 5.74) is 1.03. The zero-order valence-electron chi connectivity index (χ0n) is 14.9. The van der Waals surface area contributed by atoms with Gasteiger partial charge in [-0.05, 0) is 38.7 Å². The van der Waals surface area contributed by atoms with Crippen LogP contribution >= 0.6 is 0 Å². The van der Waals surface area contributed by atoms with Crippen LogP contribution < -0.4 is 10.1 Å². The van der Waals surface area contributed by atoms with Gasteiger partial charge in [-0.3, -0.25) is 9.59 Å². The fraction of sp³-hybridized carbons (Fsp3) is 0.556. The lowest BCUT2D eigenvalue weighted by molar-refractivity contribution is -0.129. The first kappa shape index (κ1) is 18.3. The van der Waals surface area contributed by atoms with E-state index in [9.17, 15) is 9.59 Å². The molecule has 0 unspecified atom stereocenters. The van der Waals surface area contributed by atoms with Crippen molar-refractivity contribution in [2.75, 3.05) is 34.3 Å². The van der Waals surface area contributed by atoms with Crippen LogP contribution in [0.15, 0.2) is 24.3 Å². The molecule has 0 saturated carbocycles. The lowest BCUT2D eigenvalue weighted by Crippen LogP contribution is -2.41. The van der Waals surface area contributed by atoms with Gasteiger partial charge in [0.15, 0.2) is 0 Å². The van der Waals surface area contributed by atoms with Gasteiger partial charge in [0, 0.05) is 32.1 Å². The van der Waals surface area contributed by atoms with Crippen LogP contribution in [0.2, 0.25) is 0 Å². The van der Waals surface area contributed by atoms with Crippen molar-refractivity contribution in [1.82, 2.24) is 15.1 Å². The maximum absolute atomic E-state index is 12.3. The van der Waals surface area contributed by atoms with Gasteiger partial charge in [0.25, 0.3) is 0 Å². The third-order valence-electron chi connectivity index (χ3n) is 4.57. The topological polar surface area (TPSA) is 61.9 Å². The molecule has 0 aliphatic carbocycles. The molecule has 132 valence electrons. The highest BCUT2D eigenvalue weighted by atomic mass is 16.5. The summed E-state index contributed by atoms with van der Waals surface area (Å²) in [5.74, 6) is 0.532. The second-order valence-corrected chi connectivity index (χ2v) is 6.58. The summed E-state index contributed by atoms with van der Waals surface area (Å²) in [6.45, 7) is 3.65. The Morgan fingerprint density at radius 1 is 1.38 bits per heavy atom. The molecular weight excluding hydrogens is 306 g/mol. The molecule has 1 N–H and O–H groups in total. The minimum Gasteiger partial charge on any atom is -0.497 e. The van der Waals surface area contributed by atoms with Gasteiger partial charge >= 0.3 is 0 Å². The summed E-state index contributed by atoms with van der Waals surface area (Å²) in [7, 11) is 5.58. The largest absolute Gasteiger partial charge is 0.497 e. The van der Waals surface area contributed by atoms with Crippen molar-refractivity contribution in [2.45, 2.75) is 25.9 Å². The Hall–Kier alpha value is -2.08. The van der Waals surface area contributed by atoms with Gasteiger partial charge < -0.3 is 19.9 Å². The normalized spacial score (nSPS) is 18.8. The molecule has 0 bridgehead atoms. The third-order valence-corrected chi connectivity index (χ3v) is 4.57. The molecule has 1 aliphatic heterocycles. The standard InChI is InChI=1S/C18H27N3O3/c1-13(20(2)3)10-19-18(23)15-9-17(22)21(12-15)11-14-5-7-16(24-4)8-6-14/h5-8,13,15H,9-12H2,1-4H3,(H,19,23)/t13-,15+/m1/s1. The monoisotopic (exact) mass is 333 g/mol. The fourth-order valence-corrected chi connectivity index (χ4v) is 2.63. The number of nitrogens with zero attached hydrogens (tertiary/aromatic N) is 2. The Morgan fingerprint density at radius 2 is 2.04 bits per heavy atom. The number of amides is 2. The van der Waals surface area contributed by atoms with Crippen LogP contribution in [-0.4, -0.2) is 62.0 Å². The van der Waals surface area contributed by atoms with Crippen LogP contribution in [0.4, 0.5) is 0 Å². The highest BCUT2D eigenvalue weighted by molar-refractivity contribution is 5.89. The number of nitrogens with one attached hydrogen (secondary N) is 1. The molecule has 1 aromatic rings. The lowest BCUT2D eigenvalue weighted by Gasteiger charge is -2.21. The second kappa shape index (κ2) is 8.15. The van der Waals surface area contributed by atoms with E-state index in [4.69, 9.17) is 4.74 Å². The molecule has 1 aliphatic rings. The number of hydrogen-bond acceptors (Lipinski definition) is 4. The summed E-state index contributed by atoms with van der Waals surface area (Å²) < 4.78 is 5.13. The van der Waals surface area contributed by atoms with Crippen molar-refractivity contribution >= 4 is 11.8 Å². The van der Waals surface area contributed by atoms with Gasteiger partial charge in [0.1, 0.15) is 5.75 Å². The number of benzene rings is 1. The molecular formula is C18H27N3O3. The number of ether oxygens (including phenoxy) is 1. The maximum Gasteiger partial charge on any atom is 0.225 e. The third kappa shape index (κ3) is 4.71. The SMILES string of the molecule is COc1ccc(CN2C[C@@H](C(=O)NC[C@@H](C)N(C)C)CC2=O)cc1. The zero-order chi connectivity index (χ0) is 17.7. The van der Waals surface area contributed by atoms with Crippen molar-refractivity contribution in [3.63, 3.8) is 0 Å². The van der Waals surface area contributed by atoms with Gasteiger partial charge in [-0.15, -0.1) is 0 Å². The number of carbonyl (C=O) groups excluding carboxylic acids is 2. The molecule has 2 atom stereocenters. The molecule has 0 aromatic heterocycles. The summed E-state index contributed by atoms with van der Waals surface area (Å²) >= 11 is 0. The van der Waals surface area contributed by atoms with E-state index in [1.807, 2.05) is 38.4 Å². The first-order valence-electron chi connectivity index (χ1n) is 8.25. The predicted molar refractivity (Wildman–Crippen MR) is 92.7 cm³/mol. The molecule has 6 nitrogen and oxygen atoms in total. The average Bonchev–Trinajstić information content (AvgIpc) is 2.93. The van der Waals surface area contributed by atoms with Gasteiger partial charge in [0.2, 0.25) is 11.8 Å². The van der Waals surface area contributed by atoms with E-state index < -0.39 is 0 Å². The minimum atomic E-state index is -0.259. The molecule has 6 heteroatoms. The van der Waals surface area contributed by atoms with Crippen molar-refractivity contribution in [1.29, 1.82) is 0 Å². The second-order valence-electron chi connectivity index (χ2n) is 6.58. The Labute approximate surface area is 143 Å². The summed E-state index contributed by atoms with van der Waals surface area (Å²) in [6.07, 6.45) is 0.290. The summed E-state index contributed by atoms with van der Waals surface area (Å²) in [4.78, 5) is 28.3. The van der Waals surface area contributed by atoms with Gasteiger partial charge in [0.05, 0.1) is 13.0 Å². The molecule has 1 saturated heterocycles. The van der Waals surface area contributed by atoms with E-state index >= 15 is 0 Å². The quantitative estimate of drug-likeness (QED) is 0.812. The lowest BCUT2D eigenvalue weighted by atomic mass is 10.1. The van der Waals surface area contributed by atoms with Crippen LogP contribution in [-0.2, 0) is 16.1 Å². The first-order chi connectivity index (χ1) is 11.4. The van der Waals surface area contributed by atoms with E-state index in [0.717, 1.165) is 11.3 Å². The Morgan fingerprint density at radius 3 is 2.62 bits per heavy atom. The molecule has 1 heterocycles. The van der Waals surface area contributed by atoms with Crippen molar-refractivity contribution < 1.29 is 14.3 Å². The van der Waals surface area contributed by atoms with Crippen LogP contribution in [0.1, 0.15) is 18.9 Å². The highest BCUT2D eigenvalue weighted by Crippen LogP contribution is 2.21. The average molecular weight is 333 g/mol. The van der Waals surface area contributed by atoms with E-state index in [2.05, 4.69) is 17.1 Å². The Balaban J connectivity index is 1.86. The van der Waals surface area contributed by atoms with Gasteiger partial charge in [-0.25, -0.2) is 0 Å². The van der Waals surface area contributed by atoms with E-state index in [0.29, 0.717) is 26.1 Å². The highest BCUT2D eigenvalue weighted by Gasteiger charge is 2.34. The van der Waals surface area contributed by atoms with Crippen LogP contribution in [0, 0.1) is 5.92 Å². The Kier molecular flexibility index (Phi) is 6.20. The van der Waals surface area contributed by atoms with Crippen molar-refractivity contribution in [3.8, 4) is 5.75 Å². The number of carbonyl (C=O) groups is 2. The number of rotatable bonds is 7. The van der Waals surface area contributed by atoms with E-state index in [-0.39, 0.29) is 23.8 Å². The van der Waals surface area contributed by atoms with E-state index in [1.54, 1.807) is 12.0 Å². The van der Waals surface area contributed by atoms with Gasteiger partial charge in [-0.1, -0.05) is 12.1 Å². The maximum atomic E-state index is 12.3. The van der Waals surface area contributed by atoms with Crippen LogP contribution in [0.25, 0.3) is 0 Å². The molecule has 0 spiro atoms. The summed E-state index contributed by atoms with van der Waals surface area (Å²) in [5, 5.41) is 2.95. The van der Waals surface area contributed by atoms with Crippen molar-refractivity contribution in [2.24, 2.45) is 5.92 Å². The molecule has 2 rings (SSSR count). The molecule has 1 fully saturated rings. The molecule has 1 aromatic carbocycles. The summed E-state index contributed by atoms with van der Waals surface area (Å²) in [6, 6.07) is 7.91. The zero-order valence-corrected chi connectivity index (χ0v) is 14.9. The molecule has 2 amide bonds. The van der Waals surface area contributed by atoms with Crippen molar-refractivity contribution in [3.05, 3.63) is 29.8 Å². The minimum absolute atomic E-state index is 0.0331. The number of methoxy groups -OCH3 is 1. The predicted octanol–water partition coefficient (Wildman–Crippen LogP) is 1.11. The van der Waals surface area contributed by atoms with Crippen LogP contribution in [0.3, 0.4) is 0 Å². The first-order valence-corrected chi connectivity index (χ1v) is 8.25. The fourth-order valence-electron chi connectivity index (χ4n) is 2.63. The smallest absolute Gasteiger partial charge is 0.225 e. The molecule has 0 radical (unpaired) electrons. The number of hydrogen-bond donors (Lipinski definition) is 1. The number of likely N-dealkylation sites (N-methyl/N-ethyl adjacent to an activating group) is 1. The van der Waals surface area contributed by atoms with E-state index in [1.165, 1.54) is 0 Å². The molecule has 24 heavy (non-hydrogen) atoms. The van der Waals surface area contributed by atoms with Crippen LogP contribution in [0.5, 0.6) is 5.75 Å².